The Bertz CT molecular complexity index is 193. The molecule has 0 saturated heterocycles. The van der Waals surface area contributed by atoms with Crippen LogP contribution < -0.4 is 0 Å². The largest absolute Gasteiger partial charge is 0.547 e. The lowest BCUT2D eigenvalue weighted by atomic mass is 10.1. The second-order valence-corrected chi connectivity index (χ2v) is 9.64. The van der Waals surface area contributed by atoms with Gasteiger partial charge in [-0.05, 0) is 38.9 Å². The topological polar surface area (TPSA) is 9.23 Å². The number of hydrogen-bond acceptors (Lipinski definition) is 1. The van der Waals surface area contributed by atoms with Crippen molar-refractivity contribution in [2.45, 2.75) is 45.3 Å². The van der Waals surface area contributed by atoms with Gasteiger partial charge in [0.15, 0.2) is 0 Å². The van der Waals surface area contributed by atoms with Crippen LogP contribution in [0.5, 0.6) is 0 Å². The molecule has 1 aliphatic carbocycles. The van der Waals surface area contributed by atoms with E-state index in [1.54, 1.807) is 0 Å². The molecule has 0 bridgehead atoms. The summed E-state index contributed by atoms with van der Waals surface area (Å²) in [4.78, 5) is 0. The highest BCUT2D eigenvalue weighted by Crippen LogP contribution is 2.31. The Morgan fingerprint density at radius 2 is 1.75 bits per heavy atom. The Morgan fingerprint density at radius 1 is 1.17 bits per heavy atom. The Morgan fingerprint density at radius 3 is 2.25 bits per heavy atom. The maximum absolute atomic E-state index is 5.96. The molecule has 0 heterocycles. The molecule has 70 valence electrons. The molecule has 0 amide bonds. The Kier molecular flexibility index (Phi) is 3.41. The van der Waals surface area contributed by atoms with Gasteiger partial charge in [-0.1, -0.05) is 15.9 Å². The summed E-state index contributed by atoms with van der Waals surface area (Å²) in [7, 11) is -1.37. The summed E-state index contributed by atoms with van der Waals surface area (Å²) in [5.74, 6) is 1.22. The fourth-order valence-corrected chi connectivity index (χ4v) is 2.99. The molecule has 0 aromatic heterocycles. The van der Waals surface area contributed by atoms with Crippen molar-refractivity contribution in [1.82, 2.24) is 0 Å². The molecule has 0 aromatic rings. The predicted octanol–water partition coefficient (Wildman–Crippen LogP) is 4.02. The van der Waals surface area contributed by atoms with Gasteiger partial charge in [-0.15, -0.1) is 0 Å². The molecule has 0 fully saturated rings. The summed E-state index contributed by atoms with van der Waals surface area (Å²) < 4.78 is 7.26. The van der Waals surface area contributed by atoms with Gasteiger partial charge in [0.05, 0.1) is 5.76 Å². The van der Waals surface area contributed by atoms with E-state index in [-0.39, 0.29) is 0 Å². The summed E-state index contributed by atoms with van der Waals surface area (Å²) in [6, 6.07) is 0. The van der Waals surface area contributed by atoms with Gasteiger partial charge in [0.1, 0.15) is 0 Å². The fourth-order valence-electron chi connectivity index (χ4n) is 1.32. The second kappa shape index (κ2) is 3.96. The van der Waals surface area contributed by atoms with Crippen LogP contribution in [0.25, 0.3) is 0 Å². The number of allylic oxidation sites excluding steroid dienone is 2. The van der Waals surface area contributed by atoms with Crippen molar-refractivity contribution in [2.75, 3.05) is 0 Å². The summed E-state index contributed by atoms with van der Waals surface area (Å²) in [5, 5.41) is 0. The summed E-state index contributed by atoms with van der Waals surface area (Å²) in [6.45, 7) is 6.69. The summed E-state index contributed by atoms with van der Waals surface area (Å²) >= 11 is 3.58. The first-order valence-corrected chi connectivity index (χ1v) is 8.76. The number of hydrogen-bond donors (Lipinski definition) is 0. The maximum atomic E-state index is 5.96. The molecule has 1 rings (SSSR count). The van der Waals surface area contributed by atoms with Crippen molar-refractivity contribution in [2.24, 2.45) is 0 Å². The second-order valence-electron chi connectivity index (χ2n) is 4.25. The van der Waals surface area contributed by atoms with E-state index in [9.17, 15) is 0 Å². The van der Waals surface area contributed by atoms with E-state index in [1.165, 1.54) is 29.5 Å². The molecule has 1 aliphatic rings. The van der Waals surface area contributed by atoms with Gasteiger partial charge in [0.25, 0.3) is 0 Å². The van der Waals surface area contributed by atoms with E-state index in [0.717, 1.165) is 6.42 Å². The van der Waals surface area contributed by atoms with Crippen molar-refractivity contribution in [3.05, 3.63) is 10.2 Å². The minimum absolute atomic E-state index is 1.13. The fraction of sp³-hybridized carbons (Fsp3) is 0.778. The van der Waals surface area contributed by atoms with Crippen LogP contribution in [0.15, 0.2) is 10.2 Å². The van der Waals surface area contributed by atoms with Crippen molar-refractivity contribution in [1.29, 1.82) is 0 Å². The molecular weight excluding hydrogens is 232 g/mol. The third-order valence-electron chi connectivity index (χ3n) is 1.78. The van der Waals surface area contributed by atoms with Crippen molar-refractivity contribution in [3.63, 3.8) is 0 Å². The molecule has 12 heavy (non-hydrogen) atoms. The molecule has 3 heteroatoms. The molecule has 0 N–H and O–H groups in total. The van der Waals surface area contributed by atoms with Gasteiger partial charge in [-0.2, -0.15) is 0 Å². The Hall–Kier alpha value is 0.237. The average molecular weight is 249 g/mol. The normalized spacial score (nSPS) is 19.7. The van der Waals surface area contributed by atoms with Crippen LogP contribution in [0.4, 0.5) is 0 Å². The first-order valence-electron chi connectivity index (χ1n) is 4.55. The lowest BCUT2D eigenvalue weighted by molar-refractivity contribution is 0.378. The molecule has 0 unspecified atom stereocenters. The first kappa shape index (κ1) is 10.3. The molecule has 0 aliphatic heterocycles. The predicted molar refractivity (Wildman–Crippen MR) is 58.9 cm³/mol. The minimum atomic E-state index is -1.37. The SMILES string of the molecule is C[Si](C)(C)OC1=C(Br)CCCC1. The Labute approximate surface area is 84.4 Å². The number of rotatable bonds is 2. The van der Waals surface area contributed by atoms with Gasteiger partial charge in [-0.3, -0.25) is 0 Å². The molecule has 0 saturated carbocycles. The van der Waals surface area contributed by atoms with Crippen LogP contribution in [0.3, 0.4) is 0 Å². The quantitative estimate of drug-likeness (QED) is 0.672. The monoisotopic (exact) mass is 248 g/mol. The van der Waals surface area contributed by atoms with E-state index in [4.69, 9.17) is 4.43 Å². The third kappa shape index (κ3) is 3.31. The van der Waals surface area contributed by atoms with Crippen molar-refractivity contribution in [3.8, 4) is 0 Å². The zero-order valence-corrected chi connectivity index (χ0v) is 10.7. The smallest absolute Gasteiger partial charge is 0.241 e. The van der Waals surface area contributed by atoms with E-state index >= 15 is 0 Å². The lowest BCUT2D eigenvalue weighted by Crippen LogP contribution is -2.25. The van der Waals surface area contributed by atoms with Crippen LogP contribution in [-0.2, 0) is 4.43 Å². The van der Waals surface area contributed by atoms with Crippen LogP contribution in [0.1, 0.15) is 25.7 Å². The van der Waals surface area contributed by atoms with Gasteiger partial charge >= 0.3 is 0 Å². The van der Waals surface area contributed by atoms with E-state index < -0.39 is 8.32 Å². The van der Waals surface area contributed by atoms with Crippen LogP contribution in [0.2, 0.25) is 19.6 Å². The van der Waals surface area contributed by atoms with Crippen LogP contribution >= 0.6 is 15.9 Å². The zero-order chi connectivity index (χ0) is 9.19. The van der Waals surface area contributed by atoms with Crippen molar-refractivity contribution >= 4 is 24.2 Å². The van der Waals surface area contributed by atoms with Gasteiger partial charge in [-0.25, -0.2) is 0 Å². The van der Waals surface area contributed by atoms with Crippen LogP contribution in [0, 0.1) is 0 Å². The minimum Gasteiger partial charge on any atom is -0.547 e. The van der Waals surface area contributed by atoms with Crippen molar-refractivity contribution < 1.29 is 4.43 Å². The molecule has 0 aromatic carbocycles. The van der Waals surface area contributed by atoms with Gasteiger partial charge in [0, 0.05) is 10.9 Å². The molecule has 1 nitrogen and oxygen atoms in total. The highest BCUT2D eigenvalue weighted by Gasteiger charge is 2.20. The average Bonchev–Trinajstić information content (AvgIpc) is 1.91. The molecular formula is C9H17BrOSi. The third-order valence-corrected chi connectivity index (χ3v) is 3.48. The zero-order valence-electron chi connectivity index (χ0n) is 8.11. The molecule has 0 radical (unpaired) electrons. The van der Waals surface area contributed by atoms with Gasteiger partial charge in [0.2, 0.25) is 8.32 Å². The van der Waals surface area contributed by atoms with E-state index in [0.29, 0.717) is 0 Å². The maximum Gasteiger partial charge on any atom is 0.241 e. The molecule has 0 atom stereocenters. The first-order chi connectivity index (χ1) is 5.49. The Balaban J connectivity index is 2.61. The highest BCUT2D eigenvalue weighted by molar-refractivity contribution is 9.11. The summed E-state index contributed by atoms with van der Waals surface area (Å²) in [5.41, 5.74) is 0. The van der Waals surface area contributed by atoms with Crippen LogP contribution in [-0.4, -0.2) is 8.32 Å². The number of halogens is 1. The van der Waals surface area contributed by atoms with E-state index in [1.807, 2.05) is 0 Å². The van der Waals surface area contributed by atoms with Gasteiger partial charge < -0.3 is 4.43 Å². The standard InChI is InChI=1S/C9H17BrOSi/c1-12(2,3)11-9-7-5-4-6-8(9)10/h4-7H2,1-3H3. The molecule has 0 spiro atoms. The highest BCUT2D eigenvalue weighted by atomic mass is 79.9. The lowest BCUT2D eigenvalue weighted by Gasteiger charge is -2.25. The van der Waals surface area contributed by atoms with E-state index in [2.05, 4.69) is 35.6 Å². The summed E-state index contributed by atoms with van der Waals surface area (Å²) in [6.07, 6.45) is 4.89.